The van der Waals surface area contributed by atoms with Gasteiger partial charge in [-0.1, -0.05) is 0 Å². The number of fused-ring (bicyclic) bond motifs is 1. The van der Waals surface area contributed by atoms with Crippen LogP contribution in [-0.2, 0) is 4.18 Å². The Kier molecular flexibility index (Phi) is 6.98. The fourth-order valence-electron chi connectivity index (χ4n) is 2.37. The van der Waals surface area contributed by atoms with Gasteiger partial charge >= 0.3 is 0 Å². The summed E-state index contributed by atoms with van der Waals surface area (Å²) in [5.41, 5.74) is 3.21. The van der Waals surface area contributed by atoms with Crippen LogP contribution in [0.15, 0.2) is 42.5 Å². The summed E-state index contributed by atoms with van der Waals surface area (Å²) in [6.07, 6.45) is -0.653. The maximum atomic E-state index is 9.79. The molecular weight excluding hydrogens is 483 g/mol. The number of hydrogen-bond acceptors (Lipinski definition) is 7. The molecule has 2 aromatic carbocycles. The van der Waals surface area contributed by atoms with E-state index < -0.39 is 6.10 Å². The number of ether oxygens (including phenoxy) is 1. The molecule has 0 aliphatic rings. The number of thiazole rings is 1. The third kappa shape index (κ3) is 5.01. The molecule has 0 saturated carbocycles. The van der Waals surface area contributed by atoms with Gasteiger partial charge in [-0.25, -0.2) is 4.98 Å². The van der Waals surface area contributed by atoms with E-state index in [9.17, 15) is 5.11 Å². The van der Waals surface area contributed by atoms with E-state index in [2.05, 4.69) is 29.2 Å². The molecule has 8 heteroatoms. The first-order chi connectivity index (χ1) is 12.6. The van der Waals surface area contributed by atoms with Crippen molar-refractivity contribution >= 4 is 57.7 Å². The number of halogens is 1. The van der Waals surface area contributed by atoms with Gasteiger partial charge in [-0.15, -0.1) is 11.3 Å². The largest absolute Gasteiger partial charge is 0.491 e. The van der Waals surface area contributed by atoms with Crippen LogP contribution in [0.2, 0.25) is 0 Å². The van der Waals surface area contributed by atoms with Crippen molar-refractivity contribution in [2.24, 2.45) is 0 Å². The van der Waals surface area contributed by atoms with E-state index in [1.165, 1.54) is 9.21 Å². The molecule has 5 nitrogen and oxygen atoms in total. The van der Waals surface area contributed by atoms with E-state index in [0.29, 0.717) is 0 Å². The average Bonchev–Trinajstić information content (AvgIpc) is 3.08. The predicted octanol–water partition coefficient (Wildman–Crippen LogP) is 4.78. The highest BCUT2D eigenvalue weighted by Gasteiger charge is 2.10. The molecule has 0 bridgehead atoms. The Balaban J connectivity index is 1.72. The van der Waals surface area contributed by atoms with Crippen molar-refractivity contribution in [3.63, 3.8) is 0 Å². The topological polar surface area (TPSA) is 54.8 Å². The quantitative estimate of drug-likeness (QED) is 0.354. The molecule has 138 valence electrons. The molecule has 0 saturated heterocycles. The summed E-state index contributed by atoms with van der Waals surface area (Å²) < 4.78 is 11.8. The number of aliphatic hydroxyl groups excluding tert-OH is 1. The third-order valence-electron chi connectivity index (χ3n) is 3.74. The minimum Gasteiger partial charge on any atom is -0.491 e. The van der Waals surface area contributed by atoms with Crippen molar-refractivity contribution in [2.45, 2.75) is 6.10 Å². The zero-order valence-electron chi connectivity index (χ0n) is 14.4. The van der Waals surface area contributed by atoms with Crippen molar-refractivity contribution < 1.29 is 14.0 Å². The number of aromatic nitrogens is 1. The lowest BCUT2D eigenvalue weighted by Gasteiger charge is -2.11. The molecule has 3 aromatic rings. The minimum atomic E-state index is -0.653. The molecule has 0 aliphatic carbocycles. The van der Waals surface area contributed by atoms with Gasteiger partial charge in [-0.05, 0) is 42.5 Å². The Hall–Kier alpha value is -1.07. The fourth-order valence-corrected chi connectivity index (χ4v) is 4.01. The van der Waals surface area contributed by atoms with Crippen LogP contribution >= 0.6 is 41.8 Å². The molecule has 3 rings (SSSR count). The average molecular weight is 502 g/mol. The summed E-state index contributed by atoms with van der Waals surface area (Å²) in [5.74, 6) is 0.719. The molecule has 0 amide bonds. The fraction of sp³-hybridized carbons (Fsp3) is 0.278. The van der Waals surface area contributed by atoms with Crippen LogP contribution in [0.3, 0.4) is 0 Å². The van der Waals surface area contributed by atoms with Gasteiger partial charge in [0.25, 0.3) is 0 Å². The van der Waals surface area contributed by atoms with Gasteiger partial charge < -0.3 is 18.9 Å². The Morgan fingerprint density at radius 2 is 1.96 bits per heavy atom. The van der Waals surface area contributed by atoms with Gasteiger partial charge in [0.1, 0.15) is 23.5 Å². The summed E-state index contributed by atoms with van der Waals surface area (Å²) >= 11 is 3.65. The van der Waals surface area contributed by atoms with Gasteiger partial charge in [0.2, 0.25) is 0 Å². The summed E-state index contributed by atoms with van der Waals surface area (Å²) in [7, 11) is 5.25. The molecule has 0 spiro atoms. The number of rotatable bonds is 8. The Bertz CT molecular complexity index is 855. The van der Waals surface area contributed by atoms with Crippen LogP contribution in [0.5, 0.6) is 5.75 Å². The monoisotopic (exact) mass is 502 g/mol. The summed E-state index contributed by atoms with van der Waals surface area (Å²) in [4.78, 5) is 6.78. The number of hydrogen-bond donors (Lipinski definition) is 1. The van der Waals surface area contributed by atoms with Gasteiger partial charge in [0.15, 0.2) is 0 Å². The number of benzene rings is 2. The third-order valence-corrected chi connectivity index (χ3v) is 5.79. The first-order valence-electron chi connectivity index (χ1n) is 7.96. The Labute approximate surface area is 173 Å². The summed E-state index contributed by atoms with van der Waals surface area (Å²) in [6, 6.07) is 14.1. The van der Waals surface area contributed by atoms with Crippen LogP contribution in [0.25, 0.3) is 20.8 Å². The zero-order chi connectivity index (χ0) is 18.5. The van der Waals surface area contributed by atoms with Gasteiger partial charge in [-0.2, -0.15) is 0 Å². The first kappa shape index (κ1) is 19.7. The van der Waals surface area contributed by atoms with Crippen LogP contribution in [0.1, 0.15) is 0 Å². The lowest BCUT2D eigenvalue weighted by atomic mass is 10.2. The smallest absolute Gasteiger partial charge is 0.124 e. The summed E-state index contributed by atoms with van der Waals surface area (Å²) in [6.45, 7) is 0.434. The predicted molar refractivity (Wildman–Crippen MR) is 118 cm³/mol. The highest BCUT2D eigenvalue weighted by Crippen LogP contribution is 2.33. The SMILES string of the molecule is CN(C)c1ccc(-c2nc3ccc(OCC(O)COSI)cc3s2)cc1. The number of nitrogens with zero attached hydrogens (tertiary/aromatic N) is 2. The lowest BCUT2D eigenvalue weighted by molar-refractivity contribution is 0.0707. The number of anilines is 1. The van der Waals surface area contributed by atoms with E-state index in [4.69, 9.17) is 13.9 Å². The second kappa shape index (κ2) is 9.23. The highest BCUT2D eigenvalue weighted by molar-refractivity contribution is 14.2. The maximum absolute atomic E-state index is 9.79. The van der Waals surface area contributed by atoms with E-state index in [0.717, 1.165) is 32.2 Å². The van der Waals surface area contributed by atoms with Gasteiger partial charge in [0, 0.05) is 46.6 Å². The first-order valence-corrected chi connectivity index (χ1v) is 12.1. The van der Waals surface area contributed by atoms with Crippen LogP contribution in [-0.4, -0.2) is 43.5 Å². The van der Waals surface area contributed by atoms with E-state index >= 15 is 0 Å². The Morgan fingerprint density at radius 3 is 2.65 bits per heavy atom. The normalized spacial score (nSPS) is 12.3. The lowest BCUT2D eigenvalue weighted by Crippen LogP contribution is -2.21. The second-order valence-electron chi connectivity index (χ2n) is 5.90. The standard InChI is InChI=1S/C18H19IN2O3S2/c1-21(2)13-5-3-12(4-6-13)18-20-16-8-7-15(9-17(16)25-18)23-10-14(22)11-24-26-19/h3-9,14,22H,10-11H2,1-2H3. The maximum Gasteiger partial charge on any atom is 0.124 e. The second-order valence-corrected chi connectivity index (χ2v) is 8.37. The molecule has 0 aliphatic heterocycles. The van der Waals surface area contributed by atoms with Crippen molar-refractivity contribution in [3.8, 4) is 16.3 Å². The molecule has 1 unspecified atom stereocenters. The molecule has 1 N–H and O–H groups in total. The van der Waals surface area contributed by atoms with Crippen molar-refractivity contribution in [2.75, 3.05) is 32.2 Å². The number of aliphatic hydroxyl groups is 1. The molecule has 1 aromatic heterocycles. The van der Waals surface area contributed by atoms with E-state index in [1.54, 1.807) is 11.3 Å². The van der Waals surface area contributed by atoms with Crippen LogP contribution in [0, 0.1) is 0 Å². The molecular formula is C18H19IN2O3S2. The zero-order valence-corrected chi connectivity index (χ0v) is 18.2. The van der Waals surface area contributed by atoms with Crippen molar-refractivity contribution in [1.82, 2.24) is 4.98 Å². The summed E-state index contributed by atoms with van der Waals surface area (Å²) in [5, 5.41) is 10.8. The van der Waals surface area contributed by atoms with Crippen LogP contribution in [0.4, 0.5) is 5.69 Å². The Morgan fingerprint density at radius 1 is 1.19 bits per heavy atom. The molecule has 1 atom stereocenters. The van der Waals surface area contributed by atoms with Crippen molar-refractivity contribution in [1.29, 1.82) is 0 Å². The molecule has 0 radical (unpaired) electrons. The minimum absolute atomic E-state index is 0.195. The van der Waals surface area contributed by atoms with Gasteiger partial charge in [-0.3, -0.25) is 0 Å². The molecule has 1 heterocycles. The molecule has 0 fully saturated rings. The highest BCUT2D eigenvalue weighted by atomic mass is 127. The van der Waals surface area contributed by atoms with E-state index in [1.807, 2.05) is 53.5 Å². The van der Waals surface area contributed by atoms with Crippen LogP contribution < -0.4 is 9.64 Å². The van der Waals surface area contributed by atoms with Gasteiger partial charge in [0.05, 0.1) is 26.0 Å². The molecule has 26 heavy (non-hydrogen) atoms. The van der Waals surface area contributed by atoms with E-state index in [-0.39, 0.29) is 13.2 Å². The van der Waals surface area contributed by atoms with Crippen molar-refractivity contribution in [3.05, 3.63) is 42.5 Å².